The van der Waals surface area contributed by atoms with E-state index in [1.807, 2.05) is 26.0 Å². The molecule has 172 valence electrons. The van der Waals surface area contributed by atoms with Gasteiger partial charge in [-0.1, -0.05) is 6.07 Å². The Hall–Kier alpha value is -4.64. The molecule has 0 aliphatic rings. The van der Waals surface area contributed by atoms with Crippen LogP contribution in [-0.4, -0.2) is 32.6 Å². The van der Waals surface area contributed by atoms with E-state index in [1.165, 1.54) is 18.2 Å². The fourth-order valence-corrected chi connectivity index (χ4v) is 3.87. The number of aryl methyl sites for hydroxylation is 3. The summed E-state index contributed by atoms with van der Waals surface area (Å²) in [6.07, 6.45) is 1.45. The van der Waals surface area contributed by atoms with E-state index in [2.05, 4.69) is 5.32 Å². The van der Waals surface area contributed by atoms with Gasteiger partial charge in [-0.05, 0) is 86.9 Å². The van der Waals surface area contributed by atoms with E-state index in [0.29, 0.717) is 28.3 Å². The van der Waals surface area contributed by atoms with Gasteiger partial charge in [0.1, 0.15) is 11.6 Å². The first-order chi connectivity index (χ1) is 16.0. The van der Waals surface area contributed by atoms with Crippen LogP contribution in [0.2, 0.25) is 0 Å². The summed E-state index contributed by atoms with van der Waals surface area (Å²) in [4.78, 5) is 35.7. The number of rotatable bonds is 6. The SMILES string of the molecule is Cc1cc(C)cc(NC(=O)/C(C#N)=C\c2cc(C)n(-c3cc(C(=O)O)cc(C(=O)O)c3)c2C)c1. The van der Waals surface area contributed by atoms with Crippen LogP contribution in [0.1, 0.15) is 48.8 Å². The van der Waals surface area contributed by atoms with Crippen molar-refractivity contribution in [1.29, 1.82) is 5.26 Å². The zero-order chi connectivity index (χ0) is 25.2. The van der Waals surface area contributed by atoms with Gasteiger partial charge in [-0.25, -0.2) is 9.59 Å². The number of carboxylic acids is 2. The Bertz CT molecular complexity index is 1350. The number of hydrogen-bond donors (Lipinski definition) is 3. The number of carboxylic acid groups (broad SMARTS) is 2. The molecule has 0 bridgehead atoms. The van der Waals surface area contributed by atoms with Gasteiger partial charge in [0.15, 0.2) is 0 Å². The third-order valence-electron chi connectivity index (χ3n) is 5.28. The first-order valence-electron chi connectivity index (χ1n) is 10.3. The van der Waals surface area contributed by atoms with Crippen molar-refractivity contribution in [3.8, 4) is 11.8 Å². The molecule has 8 nitrogen and oxygen atoms in total. The van der Waals surface area contributed by atoms with Crippen LogP contribution in [0.4, 0.5) is 5.69 Å². The summed E-state index contributed by atoms with van der Waals surface area (Å²) < 4.78 is 1.68. The number of aromatic carboxylic acids is 2. The predicted molar refractivity (Wildman–Crippen MR) is 127 cm³/mol. The first kappa shape index (κ1) is 24.0. The van der Waals surface area contributed by atoms with Gasteiger partial charge < -0.3 is 20.1 Å². The number of carbonyl (C=O) groups excluding carboxylic acids is 1. The third kappa shape index (κ3) is 5.05. The maximum absolute atomic E-state index is 12.7. The van der Waals surface area contributed by atoms with Gasteiger partial charge in [-0.2, -0.15) is 5.26 Å². The van der Waals surface area contributed by atoms with E-state index in [4.69, 9.17) is 0 Å². The molecular weight excluding hydrogens is 434 g/mol. The van der Waals surface area contributed by atoms with Gasteiger partial charge in [0, 0.05) is 22.8 Å². The largest absolute Gasteiger partial charge is 0.478 e. The second kappa shape index (κ2) is 9.46. The van der Waals surface area contributed by atoms with Gasteiger partial charge >= 0.3 is 11.9 Å². The van der Waals surface area contributed by atoms with Gasteiger partial charge in [0.2, 0.25) is 0 Å². The quantitative estimate of drug-likeness (QED) is 0.364. The molecule has 3 N–H and O–H groups in total. The van der Waals surface area contributed by atoms with Crippen molar-refractivity contribution in [2.75, 3.05) is 5.32 Å². The van der Waals surface area contributed by atoms with Crippen molar-refractivity contribution < 1.29 is 24.6 Å². The van der Waals surface area contributed by atoms with Crippen molar-refractivity contribution in [2.24, 2.45) is 0 Å². The summed E-state index contributed by atoms with van der Waals surface area (Å²) >= 11 is 0. The molecule has 1 aromatic heterocycles. The fourth-order valence-electron chi connectivity index (χ4n) is 3.87. The van der Waals surface area contributed by atoms with Gasteiger partial charge in [-0.15, -0.1) is 0 Å². The van der Waals surface area contributed by atoms with E-state index in [-0.39, 0.29) is 16.7 Å². The molecule has 0 saturated heterocycles. The number of hydrogen-bond acceptors (Lipinski definition) is 4. The molecule has 0 aliphatic heterocycles. The first-order valence-corrected chi connectivity index (χ1v) is 10.3. The van der Waals surface area contributed by atoms with Crippen LogP contribution in [0.25, 0.3) is 11.8 Å². The number of benzene rings is 2. The maximum Gasteiger partial charge on any atom is 0.335 e. The lowest BCUT2D eigenvalue weighted by atomic mass is 10.1. The summed E-state index contributed by atoms with van der Waals surface area (Å²) in [6, 6.07) is 13.1. The van der Waals surface area contributed by atoms with E-state index < -0.39 is 17.8 Å². The minimum atomic E-state index is -1.25. The van der Waals surface area contributed by atoms with Crippen LogP contribution in [-0.2, 0) is 4.79 Å². The Labute approximate surface area is 196 Å². The van der Waals surface area contributed by atoms with Crippen molar-refractivity contribution in [2.45, 2.75) is 27.7 Å². The van der Waals surface area contributed by atoms with Crippen molar-refractivity contribution >= 4 is 29.6 Å². The lowest BCUT2D eigenvalue weighted by Gasteiger charge is -2.12. The predicted octanol–water partition coefficient (Wildman–Crippen LogP) is 4.65. The summed E-state index contributed by atoms with van der Waals surface area (Å²) in [5.41, 5.74) is 4.32. The normalized spacial score (nSPS) is 11.1. The molecule has 0 radical (unpaired) electrons. The fraction of sp³-hybridized carbons (Fsp3) is 0.154. The molecule has 1 heterocycles. The number of nitrogens with zero attached hydrogens (tertiary/aromatic N) is 2. The number of anilines is 1. The summed E-state index contributed by atoms with van der Waals surface area (Å²) in [5.74, 6) is -3.05. The second-order valence-electron chi connectivity index (χ2n) is 8.04. The molecule has 0 unspecified atom stereocenters. The van der Waals surface area contributed by atoms with E-state index in [9.17, 15) is 29.9 Å². The molecule has 0 spiro atoms. The Morgan fingerprint density at radius 2 is 1.44 bits per heavy atom. The smallest absolute Gasteiger partial charge is 0.335 e. The highest BCUT2D eigenvalue weighted by atomic mass is 16.4. The molecule has 2 aromatic carbocycles. The zero-order valence-electron chi connectivity index (χ0n) is 19.1. The van der Waals surface area contributed by atoms with Gasteiger partial charge in [0.05, 0.1) is 11.1 Å². The minimum absolute atomic E-state index is 0.107. The molecular formula is C26H23N3O5. The van der Waals surface area contributed by atoms with Crippen LogP contribution in [0.15, 0.2) is 48.0 Å². The molecule has 0 fully saturated rings. The molecule has 8 heteroatoms. The standard InChI is InChI=1S/C26H23N3O5/c1-14-5-15(2)7-22(6-14)28-24(30)21(13-27)9-18-8-16(3)29(17(18)4)23-11-19(25(31)32)10-20(12-23)26(33)34/h5-12H,1-4H3,(H,28,30)(H,31,32)(H,33,34)/b21-9-. The van der Waals surface area contributed by atoms with E-state index >= 15 is 0 Å². The maximum atomic E-state index is 12.7. The highest BCUT2D eigenvalue weighted by Crippen LogP contribution is 2.25. The number of amides is 1. The third-order valence-corrected chi connectivity index (χ3v) is 5.28. The highest BCUT2D eigenvalue weighted by Gasteiger charge is 2.17. The molecule has 0 atom stereocenters. The van der Waals surface area contributed by atoms with Crippen molar-refractivity contribution in [3.63, 3.8) is 0 Å². The van der Waals surface area contributed by atoms with Gasteiger partial charge in [0.25, 0.3) is 5.91 Å². The Kier molecular flexibility index (Phi) is 6.68. The molecule has 0 saturated carbocycles. The average molecular weight is 457 g/mol. The van der Waals surface area contributed by atoms with Crippen molar-refractivity contribution in [3.05, 3.63) is 87.2 Å². The Morgan fingerprint density at radius 1 is 0.882 bits per heavy atom. The van der Waals surface area contributed by atoms with Gasteiger partial charge in [-0.3, -0.25) is 4.79 Å². The van der Waals surface area contributed by atoms with Crippen molar-refractivity contribution in [1.82, 2.24) is 4.57 Å². The summed E-state index contributed by atoms with van der Waals surface area (Å²) in [6.45, 7) is 7.32. The monoisotopic (exact) mass is 457 g/mol. The minimum Gasteiger partial charge on any atom is -0.478 e. The zero-order valence-corrected chi connectivity index (χ0v) is 19.1. The van der Waals surface area contributed by atoms with Crippen LogP contribution in [0.3, 0.4) is 0 Å². The van der Waals surface area contributed by atoms with Crippen LogP contribution in [0, 0.1) is 39.0 Å². The van der Waals surface area contributed by atoms with Crippen LogP contribution in [0.5, 0.6) is 0 Å². The number of nitriles is 1. The van der Waals surface area contributed by atoms with Crippen LogP contribution < -0.4 is 5.32 Å². The number of nitrogens with one attached hydrogen (secondary N) is 1. The van der Waals surface area contributed by atoms with E-state index in [1.54, 1.807) is 36.6 Å². The molecule has 0 aliphatic carbocycles. The lowest BCUT2D eigenvalue weighted by molar-refractivity contribution is -0.112. The second-order valence-corrected chi connectivity index (χ2v) is 8.04. The molecule has 34 heavy (non-hydrogen) atoms. The molecule has 1 amide bonds. The van der Waals surface area contributed by atoms with E-state index in [0.717, 1.165) is 17.2 Å². The Morgan fingerprint density at radius 3 is 1.94 bits per heavy atom. The summed E-state index contributed by atoms with van der Waals surface area (Å²) in [5, 5.41) is 31.1. The number of carbonyl (C=O) groups is 3. The lowest BCUT2D eigenvalue weighted by Crippen LogP contribution is -2.13. The number of aromatic nitrogens is 1. The summed E-state index contributed by atoms with van der Waals surface area (Å²) in [7, 11) is 0. The topological polar surface area (TPSA) is 132 Å². The highest BCUT2D eigenvalue weighted by molar-refractivity contribution is 6.09. The Balaban J connectivity index is 2.03. The molecule has 3 rings (SSSR count). The average Bonchev–Trinajstić information content (AvgIpc) is 3.03. The van der Waals surface area contributed by atoms with Crippen LogP contribution >= 0.6 is 0 Å². The molecule has 3 aromatic rings.